The summed E-state index contributed by atoms with van der Waals surface area (Å²) >= 11 is 0. The molecule has 0 atom stereocenters. The Balaban J connectivity index is 2.47. The number of hydrogen-bond acceptors (Lipinski definition) is 2. The van der Waals surface area contributed by atoms with Crippen LogP contribution in [0.5, 0.6) is 5.75 Å². The van der Waals surface area contributed by atoms with Crippen LogP contribution in [0.15, 0.2) is 23.0 Å². The van der Waals surface area contributed by atoms with E-state index in [9.17, 15) is 4.79 Å². The zero-order valence-electron chi connectivity index (χ0n) is 8.70. The third-order valence-corrected chi connectivity index (χ3v) is 2.27. The summed E-state index contributed by atoms with van der Waals surface area (Å²) in [5.41, 5.74) is 1.60. The highest BCUT2D eigenvalue weighted by atomic mass is 16.5. The second kappa shape index (κ2) is 3.68. The van der Waals surface area contributed by atoms with Crippen LogP contribution < -0.4 is 10.4 Å². The summed E-state index contributed by atoms with van der Waals surface area (Å²) in [6, 6.07) is 5.62. The minimum absolute atomic E-state index is 0.160. The number of ether oxygens (including phenoxy) is 1. The first-order chi connectivity index (χ1) is 7.24. The Morgan fingerprint density at radius 3 is 2.80 bits per heavy atom. The van der Waals surface area contributed by atoms with E-state index < -0.39 is 0 Å². The molecular weight excluding hydrogens is 194 g/mol. The molecule has 0 radical (unpaired) electrons. The second-order valence-electron chi connectivity index (χ2n) is 3.21. The maximum Gasteiger partial charge on any atom is 0.361 e. The van der Waals surface area contributed by atoms with Crippen LogP contribution in [-0.2, 0) is 0 Å². The van der Waals surface area contributed by atoms with Crippen LogP contribution in [0.25, 0.3) is 5.69 Å². The van der Waals surface area contributed by atoms with E-state index in [1.807, 2.05) is 32.0 Å². The lowest BCUT2D eigenvalue weighted by atomic mass is 10.2. The molecule has 0 saturated carbocycles. The quantitative estimate of drug-likeness (QED) is 0.794. The Hall–Kier alpha value is -1.91. The van der Waals surface area contributed by atoms with E-state index in [-0.39, 0.29) is 5.69 Å². The summed E-state index contributed by atoms with van der Waals surface area (Å²) in [4.78, 5) is 11.2. The van der Waals surface area contributed by atoms with Crippen LogP contribution in [0, 0.1) is 6.92 Å². The third-order valence-electron chi connectivity index (χ3n) is 2.27. The van der Waals surface area contributed by atoms with E-state index in [2.05, 4.69) is 10.3 Å². The van der Waals surface area contributed by atoms with Crippen molar-refractivity contribution in [2.45, 2.75) is 13.8 Å². The smallest absolute Gasteiger partial charge is 0.361 e. The zero-order valence-corrected chi connectivity index (χ0v) is 8.70. The number of rotatable bonds is 3. The number of nitrogens with one attached hydrogen (secondary N) is 2. The number of nitrogens with zero attached hydrogens (tertiary/aromatic N) is 1. The first-order valence-electron chi connectivity index (χ1n) is 4.82. The van der Waals surface area contributed by atoms with Crippen molar-refractivity contribution >= 4 is 0 Å². The number of hydrogen-bond donors (Lipinski definition) is 2. The number of aromatic nitrogens is 3. The summed E-state index contributed by atoms with van der Waals surface area (Å²) in [5, 5.41) is 5.13. The van der Waals surface area contributed by atoms with Crippen molar-refractivity contribution in [1.29, 1.82) is 0 Å². The van der Waals surface area contributed by atoms with Crippen molar-refractivity contribution in [2.75, 3.05) is 6.61 Å². The van der Waals surface area contributed by atoms with E-state index in [4.69, 9.17) is 4.74 Å². The van der Waals surface area contributed by atoms with Crippen molar-refractivity contribution in [3.05, 3.63) is 34.2 Å². The van der Waals surface area contributed by atoms with Crippen LogP contribution in [0.3, 0.4) is 0 Å². The minimum atomic E-state index is -0.160. The van der Waals surface area contributed by atoms with Gasteiger partial charge >= 0.3 is 5.69 Å². The fraction of sp³-hybridized carbons (Fsp3) is 0.300. The summed E-state index contributed by atoms with van der Waals surface area (Å²) < 4.78 is 6.89. The molecule has 0 amide bonds. The maximum atomic E-state index is 11.2. The summed E-state index contributed by atoms with van der Waals surface area (Å²) in [6.45, 7) is 4.47. The molecule has 2 N–H and O–H groups in total. The molecule has 2 rings (SSSR count). The van der Waals surface area contributed by atoms with Crippen LogP contribution in [0.4, 0.5) is 0 Å². The van der Waals surface area contributed by atoms with Gasteiger partial charge in [-0.1, -0.05) is 6.07 Å². The van der Waals surface area contributed by atoms with Crippen LogP contribution >= 0.6 is 0 Å². The van der Waals surface area contributed by atoms with Gasteiger partial charge in [0, 0.05) is 5.56 Å². The molecule has 5 nitrogen and oxygen atoms in total. The lowest BCUT2D eigenvalue weighted by Crippen LogP contribution is -2.32. The van der Waals surface area contributed by atoms with Gasteiger partial charge in [-0.3, -0.25) is 0 Å². The van der Waals surface area contributed by atoms with Crippen LogP contribution in [0.2, 0.25) is 0 Å². The number of H-pyrrole nitrogens is 2. The molecule has 5 heteroatoms. The van der Waals surface area contributed by atoms with E-state index in [0.717, 1.165) is 17.0 Å². The molecule has 0 aliphatic carbocycles. The molecule has 0 fully saturated rings. The Bertz CT molecular complexity index is 507. The molecule has 1 aromatic heterocycles. The zero-order chi connectivity index (χ0) is 10.8. The molecule has 0 bridgehead atoms. The molecular formula is C10H13N3O2. The van der Waals surface area contributed by atoms with Gasteiger partial charge in [0.25, 0.3) is 0 Å². The van der Waals surface area contributed by atoms with Crippen molar-refractivity contribution in [1.82, 2.24) is 15.0 Å². The van der Waals surface area contributed by atoms with Crippen molar-refractivity contribution < 1.29 is 4.74 Å². The Morgan fingerprint density at radius 2 is 2.27 bits per heavy atom. The molecule has 0 saturated heterocycles. The first-order valence-corrected chi connectivity index (χ1v) is 4.82. The fourth-order valence-corrected chi connectivity index (χ4v) is 1.48. The molecule has 1 heterocycles. The van der Waals surface area contributed by atoms with Gasteiger partial charge in [0.15, 0.2) is 0 Å². The van der Waals surface area contributed by atoms with Crippen molar-refractivity contribution in [3.8, 4) is 11.4 Å². The van der Waals surface area contributed by atoms with Crippen molar-refractivity contribution in [3.63, 3.8) is 0 Å². The maximum absolute atomic E-state index is 11.2. The topological polar surface area (TPSA) is 62.8 Å². The van der Waals surface area contributed by atoms with Crippen LogP contribution in [-0.4, -0.2) is 21.6 Å². The normalized spacial score (nSPS) is 10.5. The van der Waals surface area contributed by atoms with Gasteiger partial charge in [-0.05, 0) is 26.0 Å². The average molecular weight is 207 g/mol. The fourth-order valence-electron chi connectivity index (χ4n) is 1.48. The SMILES string of the molecule is CCOc1cccc(-n2[nH][nH]c2=O)c1C. The predicted molar refractivity (Wildman–Crippen MR) is 56.6 cm³/mol. The lowest BCUT2D eigenvalue weighted by Gasteiger charge is -2.14. The van der Waals surface area contributed by atoms with Crippen LogP contribution in [0.1, 0.15) is 12.5 Å². The Morgan fingerprint density at radius 1 is 1.47 bits per heavy atom. The van der Waals surface area contributed by atoms with Gasteiger partial charge in [0.2, 0.25) is 0 Å². The molecule has 0 unspecified atom stereocenters. The molecule has 2 aromatic rings. The molecule has 15 heavy (non-hydrogen) atoms. The van der Waals surface area contributed by atoms with Gasteiger partial charge in [0.1, 0.15) is 5.75 Å². The van der Waals surface area contributed by atoms with E-state index in [1.54, 1.807) is 0 Å². The molecule has 0 spiro atoms. The van der Waals surface area contributed by atoms with E-state index >= 15 is 0 Å². The van der Waals surface area contributed by atoms with Crippen molar-refractivity contribution in [2.24, 2.45) is 0 Å². The second-order valence-corrected chi connectivity index (χ2v) is 3.21. The highest BCUT2D eigenvalue weighted by molar-refractivity contribution is 5.48. The monoisotopic (exact) mass is 207 g/mol. The summed E-state index contributed by atoms with van der Waals surface area (Å²) in [5.74, 6) is 0.802. The number of aromatic amines is 2. The van der Waals surface area contributed by atoms with Gasteiger partial charge in [-0.2, -0.15) is 4.68 Å². The average Bonchev–Trinajstić information content (AvgIpc) is 2.22. The molecule has 0 aliphatic heterocycles. The molecule has 0 aliphatic rings. The first kappa shape index (κ1) is 9.64. The highest BCUT2D eigenvalue weighted by Crippen LogP contribution is 2.22. The standard InChI is InChI=1S/C10H13N3O2/c1-3-15-9-6-4-5-8(7(9)2)13-10(14)11-12-13/h4-6,12H,3H2,1-2H3,(H,11,14). The van der Waals surface area contributed by atoms with Gasteiger partial charge in [0.05, 0.1) is 12.3 Å². The van der Waals surface area contributed by atoms with Gasteiger partial charge < -0.3 is 4.74 Å². The van der Waals surface area contributed by atoms with E-state index in [0.29, 0.717) is 6.61 Å². The lowest BCUT2D eigenvalue weighted by molar-refractivity contribution is 0.337. The third kappa shape index (κ3) is 1.56. The minimum Gasteiger partial charge on any atom is -0.494 e. The highest BCUT2D eigenvalue weighted by Gasteiger charge is 2.09. The Kier molecular flexibility index (Phi) is 2.37. The Labute approximate surface area is 86.6 Å². The molecule has 80 valence electrons. The molecule has 1 aromatic carbocycles. The van der Waals surface area contributed by atoms with Gasteiger partial charge in [-0.15, -0.1) is 0 Å². The van der Waals surface area contributed by atoms with Gasteiger partial charge in [-0.25, -0.2) is 15.1 Å². The largest absolute Gasteiger partial charge is 0.494 e. The van der Waals surface area contributed by atoms with E-state index in [1.165, 1.54) is 4.68 Å². The summed E-state index contributed by atoms with van der Waals surface area (Å²) in [6.07, 6.45) is 0. The predicted octanol–water partition coefficient (Wildman–Crippen LogP) is 1.20. The summed E-state index contributed by atoms with van der Waals surface area (Å²) in [7, 11) is 0. The number of benzene rings is 1.